The highest BCUT2D eigenvalue weighted by molar-refractivity contribution is 7.10. The molecule has 0 unspecified atom stereocenters. The average molecular weight is 316 g/mol. The van der Waals surface area contributed by atoms with Crippen molar-refractivity contribution in [3.05, 3.63) is 35.5 Å². The molecule has 1 aromatic carbocycles. The molecule has 0 bridgehead atoms. The fraction of sp³-hybridized carbons (Fsp3) is 0.231. The minimum absolute atomic E-state index is 0.124. The lowest BCUT2D eigenvalue weighted by atomic mass is 10.2. The second-order valence-corrected chi connectivity index (χ2v) is 5.00. The summed E-state index contributed by atoms with van der Waals surface area (Å²) in [6.45, 7) is 3.15. The molecule has 0 fully saturated rings. The zero-order chi connectivity index (χ0) is 15.6. The number of anilines is 2. The first-order valence-electron chi connectivity index (χ1n) is 5.86. The summed E-state index contributed by atoms with van der Waals surface area (Å²) in [5.41, 5.74) is 1.64. The van der Waals surface area contributed by atoms with Crippen molar-refractivity contribution in [2.45, 2.75) is 20.2 Å². The van der Waals surface area contributed by atoms with Gasteiger partial charge in [-0.3, -0.25) is 4.79 Å². The number of nitrogens with one attached hydrogen (secondary N) is 1. The maximum absolute atomic E-state index is 12.1. The molecule has 8 heteroatoms. The SMILES string of the molecule is CC(=O)c1c(C)nsc1Nc1ccc(OC(F)(F)F)cc1. The molecule has 0 aliphatic heterocycles. The minimum atomic E-state index is -4.72. The van der Waals surface area contributed by atoms with Gasteiger partial charge in [-0.2, -0.15) is 4.37 Å². The van der Waals surface area contributed by atoms with Crippen LogP contribution < -0.4 is 10.1 Å². The van der Waals surface area contributed by atoms with Crippen LogP contribution in [0.4, 0.5) is 23.9 Å². The molecule has 1 heterocycles. The summed E-state index contributed by atoms with van der Waals surface area (Å²) in [5, 5.41) is 3.52. The number of rotatable bonds is 4. The van der Waals surface area contributed by atoms with E-state index >= 15 is 0 Å². The molecule has 112 valence electrons. The maximum Gasteiger partial charge on any atom is 0.573 e. The number of ketones is 1. The predicted octanol–water partition coefficient (Wildman–Crippen LogP) is 4.30. The third kappa shape index (κ3) is 3.94. The Morgan fingerprint density at radius 3 is 2.43 bits per heavy atom. The fourth-order valence-corrected chi connectivity index (χ4v) is 2.61. The molecule has 0 amide bonds. The molecule has 0 aliphatic rings. The Morgan fingerprint density at radius 1 is 1.29 bits per heavy atom. The largest absolute Gasteiger partial charge is 0.573 e. The van der Waals surface area contributed by atoms with Gasteiger partial charge in [0.05, 0.1) is 11.3 Å². The first-order chi connectivity index (χ1) is 9.76. The van der Waals surface area contributed by atoms with Crippen molar-refractivity contribution < 1.29 is 22.7 Å². The summed E-state index contributed by atoms with van der Waals surface area (Å²) in [6, 6.07) is 5.24. The van der Waals surface area contributed by atoms with E-state index in [1.54, 1.807) is 6.92 Å². The summed E-state index contributed by atoms with van der Waals surface area (Å²) in [5.74, 6) is -0.430. The van der Waals surface area contributed by atoms with E-state index in [1.165, 1.54) is 31.2 Å². The Labute approximate surface area is 122 Å². The number of halogens is 3. The summed E-state index contributed by atoms with van der Waals surface area (Å²) in [7, 11) is 0. The zero-order valence-corrected chi connectivity index (χ0v) is 11.9. The highest BCUT2D eigenvalue weighted by atomic mass is 32.1. The Bertz CT molecular complexity index is 650. The third-order valence-electron chi connectivity index (χ3n) is 2.56. The average Bonchev–Trinajstić information content (AvgIpc) is 2.71. The van der Waals surface area contributed by atoms with Crippen molar-refractivity contribution in [2.75, 3.05) is 5.32 Å². The minimum Gasteiger partial charge on any atom is -0.406 e. The van der Waals surface area contributed by atoms with Gasteiger partial charge in [0.15, 0.2) is 5.78 Å². The van der Waals surface area contributed by atoms with Gasteiger partial charge in [-0.05, 0) is 49.6 Å². The van der Waals surface area contributed by atoms with Crippen LogP contribution in [-0.2, 0) is 0 Å². The van der Waals surface area contributed by atoms with Crippen LogP contribution in [0.25, 0.3) is 0 Å². The van der Waals surface area contributed by atoms with E-state index in [9.17, 15) is 18.0 Å². The van der Waals surface area contributed by atoms with Gasteiger partial charge in [-0.1, -0.05) is 0 Å². The fourth-order valence-electron chi connectivity index (χ4n) is 1.74. The molecule has 0 spiro atoms. The molecule has 1 N–H and O–H groups in total. The molecular weight excluding hydrogens is 305 g/mol. The molecule has 0 atom stereocenters. The lowest BCUT2D eigenvalue weighted by Crippen LogP contribution is -2.16. The Balaban J connectivity index is 2.16. The highest BCUT2D eigenvalue weighted by Gasteiger charge is 2.30. The topological polar surface area (TPSA) is 51.2 Å². The second-order valence-electron chi connectivity index (χ2n) is 4.23. The second kappa shape index (κ2) is 5.72. The summed E-state index contributed by atoms with van der Waals surface area (Å²) < 4.78 is 44.0. The number of Topliss-reactive ketones (excluding diaryl/α,β-unsaturated/α-hetero) is 1. The number of aromatic nitrogens is 1. The van der Waals surface area contributed by atoms with Crippen molar-refractivity contribution in [1.82, 2.24) is 4.37 Å². The van der Waals surface area contributed by atoms with Crippen LogP contribution in [0.1, 0.15) is 23.0 Å². The molecule has 21 heavy (non-hydrogen) atoms. The van der Waals surface area contributed by atoms with Crippen molar-refractivity contribution >= 4 is 28.0 Å². The van der Waals surface area contributed by atoms with Crippen LogP contribution in [0.3, 0.4) is 0 Å². The van der Waals surface area contributed by atoms with Crippen LogP contribution in [0, 0.1) is 6.92 Å². The van der Waals surface area contributed by atoms with E-state index in [1.807, 2.05) is 0 Å². The number of carbonyl (C=O) groups excluding carboxylic acids is 1. The van der Waals surface area contributed by atoms with Gasteiger partial charge in [-0.15, -0.1) is 13.2 Å². The standard InChI is InChI=1S/C13H11F3N2O2S/c1-7-11(8(2)19)12(21-18-7)17-9-3-5-10(6-4-9)20-13(14,15)16/h3-6,17H,1-2H3. The van der Waals surface area contributed by atoms with Crippen molar-refractivity contribution in [1.29, 1.82) is 0 Å². The number of hydrogen-bond acceptors (Lipinski definition) is 5. The Kier molecular flexibility index (Phi) is 4.17. The first kappa shape index (κ1) is 15.3. The number of alkyl halides is 3. The van der Waals surface area contributed by atoms with Crippen molar-refractivity contribution in [3.8, 4) is 5.75 Å². The number of hydrogen-bond donors (Lipinski definition) is 1. The van der Waals surface area contributed by atoms with E-state index in [-0.39, 0.29) is 11.5 Å². The molecule has 1 aromatic heterocycles. The number of nitrogens with zero attached hydrogens (tertiary/aromatic N) is 1. The van der Waals surface area contributed by atoms with Crippen LogP contribution in [-0.4, -0.2) is 16.5 Å². The molecule has 2 rings (SSSR count). The smallest absolute Gasteiger partial charge is 0.406 e. The number of carbonyl (C=O) groups is 1. The third-order valence-corrected chi connectivity index (χ3v) is 3.41. The number of aryl methyl sites for hydroxylation is 1. The van der Waals surface area contributed by atoms with Crippen LogP contribution >= 0.6 is 11.5 Å². The summed E-state index contributed by atoms with van der Waals surface area (Å²) in [6.07, 6.45) is -4.72. The van der Waals surface area contributed by atoms with Gasteiger partial charge < -0.3 is 10.1 Å². The zero-order valence-electron chi connectivity index (χ0n) is 11.1. The first-order valence-corrected chi connectivity index (χ1v) is 6.63. The number of ether oxygens (including phenoxy) is 1. The van der Waals surface area contributed by atoms with Gasteiger partial charge in [0, 0.05) is 5.69 Å². The van der Waals surface area contributed by atoms with E-state index < -0.39 is 6.36 Å². The Hall–Kier alpha value is -2.09. The van der Waals surface area contributed by atoms with E-state index in [0.717, 1.165) is 11.5 Å². The Morgan fingerprint density at radius 2 is 1.90 bits per heavy atom. The highest BCUT2D eigenvalue weighted by Crippen LogP contribution is 2.30. The van der Waals surface area contributed by atoms with Crippen molar-refractivity contribution in [3.63, 3.8) is 0 Å². The van der Waals surface area contributed by atoms with Crippen molar-refractivity contribution in [2.24, 2.45) is 0 Å². The van der Waals surface area contributed by atoms with Crippen LogP contribution in [0.15, 0.2) is 24.3 Å². The van der Waals surface area contributed by atoms with Gasteiger partial charge in [0.25, 0.3) is 0 Å². The quantitative estimate of drug-likeness (QED) is 0.855. The molecule has 0 radical (unpaired) electrons. The van der Waals surface area contributed by atoms with Gasteiger partial charge >= 0.3 is 6.36 Å². The maximum atomic E-state index is 12.1. The molecule has 4 nitrogen and oxygen atoms in total. The summed E-state index contributed by atoms with van der Waals surface area (Å²) >= 11 is 1.12. The summed E-state index contributed by atoms with van der Waals surface area (Å²) in [4.78, 5) is 11.5. The van der Waals surface area contributed by atoms with Crippen LogP contribution in [0.2, 0.25) is 0 Å². The van der Waals surface area contributed by atoms with E-state index in [4.69, 9.17) is 0 Å². The van der Waals surface area contributed by atoms with Gasteiger partial charge in [0.1, 0.15) is 10.8 Å². The lowest BCUT2D eigenvalue weighted by Gasteiger charge is -2.10. The molecule has 0 saturated heterocycles. The van der Waals surface area contributed by atoms with Gasteiger partial charge in [0.2, 0.25) is 0 Å². The predicted molar refractivity (Wildman–Crippen MR) is 73.3 cm³/mol. The molecule has 2 aromatic rings. The van der Waals surface area contributed by atoms with E-state index in [2.05, 4.69) is 14.4 Å². The van der Waals surface area contributed by atoms with E-state index in [0.29, 0.717) is 21.9 Å². The molecule has 0 saturated carbocycles. The van der Waals surface area contributed by atoms with Crippen LogP contribution in [0.5, 0.6) is 5.75 Å². The molecule has 0 aliphatic carbocycles. The normalized spacial score (nSPS) is 11.3. The molecular formula is C13H11F3N2O2S. The monoisotopic (exact) mass is 316 g/mol. The lowest BCUT2D eigenvalue weighted by molar-refractivity contribution is -0.274. The number of benzene rings is 1. The van der Waals surface area contributed by atoms with Gasteiger partial charge in [-0.25, -0.2) is 0 Å².